The van der Waals surface area contributed by atoms with Gasteiger partial charge in [0, 0.05) is 6.54 Å². The maximum atomic E-state index is 13.5. The van der Waals surface area contributed by atoms with E-state index in [0.717, 1.165) is 6.07 Å². The fraction of sp³-hybridized carbons (Fsp3) is 0.278. The number of carbonyl (C=O) groups excluding carboxylic acids is 1. The van der Waals surface area contributed by atoms with Crippen molar-refractivity contribution in [3.8, 4) is 5.75 Å². The zero-order chi connectivity index (χ0) is 20.9. The molecule has 0 spiro atoms. The third-order valence-electron chi connectivity index (χ3n) is 3.49. The van der Waals surface area contributed by atoms with E-state index in [2.05, 4.69) is 10.0 Å². The van der Waals surface area contributed by atoms with Crippen LogP contribution >= 0.6 is 0 Å². The highest BCUT2D eigenvalue weighted by molar-refractivity contribution is 7.89. The largest absolute Gasteiger partial charge is 0.484 e. The molecule has 0 bridgehead atoms. The zero-order valence-electron chi connectivity index (χ0n) is 15.1. The Morgan fingerprint density at radius 1 is 1.04 bits per heavy atom. The molecule has 0 saturated carbocycles. The van der Waals surface area contributed by atoms with Gasteiger partial charge in [-0.1, -0.05) is 13.8 Å². The number of rotatable bonds is 8. The lowest BCUT2D eigenvalue weighted by atomic mass is 10.2. The molecule has 0 fully saturated rings. The standard InChI is InChI=1S/C18H19F3N2O4S/c1-11(2)9-22-28(25,26)13-5-3-12(4-6-13)27-10-16(24)23-15-8-7-14(19)17(20)18(15)21/h3-8,11,22H,9-10H2,1-2H3,(H,23,24). The Bertz CT molecular complexity index is 948. The first kappa shape index (κ1) is 21.7. The minimum Gasteiger partial charge on any atom is -0.484 e. The first-order valence-corrected chi connectivity index (χ1v) is 9.74. The van der Waals surface area contributed by atoms with Crippen LogP contribution in [0, 0.1) is 23.4 Å². The molecule has 1 amide bonds. The summed E-state index contributed by atoms with van der Waals surface area (Å²) in [6.45, 7) is 3.49. The summed E-state index contributed by atoms with van der Waals surface area (Å²) in [5.74, 6) is -5.04. The van der Waals surface area contributed by atoms with Crippen molar-refractivity contribution in [3.63, 3.8) is 0 Å². The number of amides is 1. The summed E-state index contributed by atoms with van der Waals surface area (Å²) in [4.78, 5) is 11.8. The second kappa shape index (κ2) is 9.07. The summed E-state index contributed by atoms with van der Waals surface area (Å²) < 4.78 is 71.4. The molecule has 0 saturated heterocycles. The molecular weight excluding hydrogens is 397 g/mol. The predicted octanol–water partition coefficient (Wildman–Crippen LogP) is 3.06. The highest BCUT2D eigenvalue weighted by Gasteiger charge is 2.16. The molecule has 0 aliphatic carbocycles. The minimum absolute atomic E-state index is 0.0359. The molecule has 2 aromatic carbocycles. The minimum atomic E-state index is -3.65. The van der Waals surface area contributed by atoms with Crippen molar-refractivity contribution < 1.29 is 31.1 Å². The Morgan fingerprint density at radius 3 is 2.29 bits per heavy atom. The summed E-state index contributed by atoms with van der Waals surface area (Å²) in [7, 11) is -3.65. The van der Waals surface area contributed by atoms with Gasteiger partial charge >= 0.3 is 0 Å². The van der Waals surface area contributed by atoms with Crippen molar-refractivity contribution in [1.82, 2.24) is 4.72 Å². The van der Waals surface area contributed by atoms with E-state index in [1.54, 1.807) is 0 Å². The highest BCUT2D eigenvalue weighted by atomic mass is 32.2. The Labute approximate surface area is 160 Å². The number of anilines is 1. The summed E-state index contributed by atoms with van der Waals surface area (Å²) in [6, 6.07) is 6.90. The van der Waals surface area contributed by atoms with Gasteiger partial charge in [0.05, 0.1) is 10.6 Å². The van der Waals surface area contributed by atoms with Crippen molar-refractivity contribution in [3.05, 3.63) is 53.8 Å². The molecule has 28 heavy (non-hydrogen) atoms. The molecule has 0 aliphatic heterocycles. The average molecular weight is 416 g/mol. The van der Waals surface area contributed by atoms with Crippen LogP contribution in [0.2, 0.25) is 0 Å². The van der Waals surface area contributed by atoms with Gasteiger partial charge in [-0.3, -0.25) is 4.79 Å². The lowest BCUT2D eigenvalue weighted by Gasteiger charge is -2.11. The van der Waals surface area contributed by atoms with Gasteiger partial charge in [0.1, 0.15) is 5.75 Å². The van der Waals surface area contributed by atoms with Gasteiger partial charge in [0.15, 0.2) is 24.1 Å². The van der Waals surface area contributed by atoms with Crippen LogP contribution in [-0.4, -0.2) is 27.5 Å². The van der Waals surface area contributed by atoms with Crippen molar-refractivity contribution in [2.45, 2.75) is 18.7 Å². The summed E-state index contributed by atoms with van der Waals surface area (Å²) in [6.07, 6.45) is 0. The maximum absolute atomic E-state index is 13.5. The third kappa shape index (κ3) is 5.70. The van der Waals surface area contributed by atoms with Gasteiger partial charge in [-0.15, -0.1) is 0 Å². The smallest absolute Gasteiger partial charge is 0.262 e. The van der Waals surface area contributed by atoms with E-state index >= 15 is 0 Å². The second-order valence-electron chi connectivity index (χ2n) is 6.28. The number of ether oxygens (including phenoxy) is 1. The molecule has 10 heteroatoms. The van der Waals surface area contributed by atoms with Gasteiger partial charge in [-0.2, -0.15) is 0 Å². The second-order valence-corrected chi connectivity index (χ2v) is 8.04. The molecule has 0 aromatic heterocycles. The first-order chi connectivity index (χ1) is 13.1. The molecule has 0 heterocycles. The van der Waals surface area contributed by atoms with Crippen molar-refractivity contribution in [2.24, 2.45) is 5.92 Å². The first-order valence-electron chi connectivity index (χ1n) is 8.26. The van der Waals surface area contributed by atoms with Crippen LogP contribution in [0.15, 0.2) is 41.3 Å². The zero-order valence-corrected chi connectivity index (χ0v) is 15.9. The summed E-state index contributed by atoms with van der Waals surface area (Å²) in [5.41, 5.74) is -0.523. The third-order valence-corrected chi connectivity index (χ3v) is 4.93. The van der Waals surface area contributed by atoms with Crippen LogP contribution in [0.25, 0.3) is 0 Å². The SMILES string of the molecule is CC(C)CNS(=O)(=O)c1ccc(OCC(=O)Nc2ccc(F)c(F)c2F)cc1. The number of hydrogen-bond donors (Lipinski definition) is 2. The lowest BCUT2D eigenvalue weighted by Crippen LogP contribution is -2.27. The molecule has 0 radical (unpaired) electrons. The molecule has 0 atom stereocenters. The molecule has 2 N–H and O–H groups in total. The van der Waals surface area contributed by atoms with Crippen molar-refractivity contribution in [2.75, 3.05) is 18.5 Å². The van der Waals surface area contributed by atoms with Crippen LogP contribution in [0.4, 0.5) is 18.9 Å². The number of hydrogen-bond acceptors (Lipinski definition) is 4. The Morgan fingerprint density at radius 2 is 1.68 bits per heavy atom. The Balaban J connectivity index is 1.94. The van der Waals surface area contributed by atoms with Crippen molar-refractivity contribution in [1.29, 1.82) is 0 Å². The lowest BCUT2D eigenvalue weighted by molar-refractivity contribution is -0.118. The van der Waals surface area contributed by atoms with E-state index in [1.165, 1.54) is 24.3 Å². The molecule has 6 nitrogen and oxygen atoms in total. The fourth-order valence-electron chi connectivity index (χ4n) is 2.03. The summed E-state index contributed by atoms with van der Waals surface area (Å²) in [5, 5.41) is 2.06. The predicted molar refractivity (Wildman–Crippen MR) is 96.9 cm³/mol. The van der Waals surface area contributed by atoms with Crippen LogP contribution in [0.5, 0.6) is 5.75 Å². The average Bonchev–Trinajstić information content (AvgIpc) is 2.66. The van der Waals surface area contributed by atoms with E-state index in [-0.39, 0.29) is 16.6 Å². The number of sulfonamides is 1. The van der Waals surface area contributed by atoms with Gasteiger partial charge in [-0.05, 0) is 42.3 Å². The number of halogens is 3. The number of carbonyl (C=O) groups is 1. The maximum Gasteiger partial charge on any atom is 0.262 e. The van der Waals surface area contributed by atoms with Crippen LogP contribution < -0.4 is 14.8 Å². The Hall–Kier alpha value is -2.59. The van der Waals surface area contributed by atoms with E-state index in [1.807, 2.05) is 13.8 Å². The molecular formula is C18H19F3N2O4S. The van der Waals surface area contributed by atoms with Gasteiger partial charge in [0.25, 0.3) is 5.91 Å². The van der Waals surface area contributed by atoms with E-state index in [9.17, 15) is 26.4 Å². The quantitative estimate of drug-likeness (QED) is 0.648. The summed E-state index contributed by atoms with van der Waals surface area (Å²) >= 11 is 0. The molecule has 0 aliphatic rings. The van der Waals surface area contributed by atoms with Crippen LogP contribution in [0.1, 0.15) is 13.8 Å². The van der Waals surface area contributed by atoms with E-state index in [0.29, 0.717) is 12.6 Å². The van der Waals surface area contributed by atoms with Crippen LogP contribution in [-0.2, 0) is 14.8 Å². The number of benzene rings is 2. The van der Waals surface area contributed by atoms with Crippen LogP contribution in [0.3, 0.4) is 0 Å². The van der Waals surface area contributed by atoms with Gasteiger partial charge in [0.2, 0.25) is 10.0 Å². The topological polar surface area (TPSA) is 84.5 Å². The molecule has 2 rings (SSSR count). The van der Waals surface area contributed by atoms with Gasteiger partial charge < -0.3 is 10.1 Å². The Kier molecular flexibility index (Phi) is 7.03. The number of nitrogens with one attached hydrogen (secondary N) is 2. The van der Waals surface area contributed by atoms with E-state index < -0.39 is 45.7 Å². The van der Waals surface area contributed by atoms with Gasteiger partial charge in [-0.25, -0.2) is 26.3 Å². The normalized spacial score (nSPS) is 11.5. The fourth-order valence-corrected chi connectivity index (χ4v) is 3.25. The van der Waals surface area contributed by atoms with E-state index in [4.69, 9.17) is 4.74 Å². The molecule has 152 valence electrons. The highest BCUT2D eigenvalue weighted by Crippen LogP contribution is 2.20. The van der Waals surface area contributed by atoms with Crippen molar-refractivity contribution >= 4 is 21.6 Å². The molecule has 0 unspecified atom stereocenters. The molecule has 2 aromatic rings. The monoisotopic (exact) mass is 416 g/mol.